The van der Waals surface area contributed by atoms with Gasteiger partial charge < -0.3 is 10.8 Å². The molecule has 5 heteroatoms. The number of anilines is 2. The monoisotopic (exact) mass is 250 g/mol. The molecule has 0 aromatic heterocycles. The first kappa shape index (κ1) is 14.0. The molecular weight excluding hydrogens is 232 g/mol. The van der Waals surface area contributed by atoms with Crippen LogP contribution in [0.5, 0.6) is 0 Å². The van der Waals surface area contributed by atoms with Gasteiger partial charge in [-0.3, -0.25) is 14.5 Å². The molecule has 18 heavy (non-hydrogen) atoms. The highest BCUT2D eigenvalue weighted by atomic mass is 16.4. The smallest absolute Gasteiger partial charge is 0.323 e. The molecule has 1 rings (SSSR count). The van der Waals surface area contributed by atoms with Crippen molar-refractivity contribution in [3.05, 3.63) is 24.3 Å². The minimum Gasteiger partial charge on any atom is -0.480 e. The molecule has 1 atom stereocenters. The van der Waals surface area contributed by atoms with E-state index in [1.807, 2.05) is 6.92 Å². The predicted molar refractivity (Wildman–Crippen MR) is 70.3 cm³/mol. The summed E-state index contributed by atoms with van der Waals surface area (Å²) in [7, 11) is 0. The Bertz CT molecular complexity index is 446. The molecule has 0 spiro atoms. The largest absolute Gasteiger partial charge is 0.480 e. The van der Waals surface area contributed by atoms with Crippen LogP contribution in [0.25, 0.3) is 0 Å². The minimum absolute atomic E-state index is 0.224. The molecule has 1 unspecified atom stereocenters. The summed E-state index contributed by atoms with van der Waals surface area (Å²) in [6, 6.07) is 6.77. The number of rotatable bonds is 5. The Labute approximate surface area is 106 Å². The maximum absolute atomic E-state index is 12.2. The van der Waals surface area contributed by atoms with Crippen LogP contribution in [0.3, 0.4) is 0 Å². The lowest BCUT2D eigenvalue weighted by atomic mass is 10.1. The fourth-order valence-electron chi connectivity index (χ4n) is 1.59. The molecule has 0 bridgehead atoms. The summed E-state index contributed by atoms with van der Waals surface area (Å²) < 4.78 is 0. The Hall–Kier alpha value is -2.04. The summed E-state index contributed by atoms with van der Waals surface area (Å²) in [5, 5.41) is 8.90. The number of benzene rings is 1. The normalized spacial score (nSPS) is 11.9. The molecule has 0 aliphatic carbocycles. The van der Waals surface area contributed by atoms with Crippen LogP contribution in [0.1, 0.15) is 20.3 Å². The first-order valence-electron chi connectivity index (χ1n) is 5.85. The van der Waals surface area contributed by atoms with Crippen molar-refractivity contribution in [2.75, 3.05) is 17.2 Å². The predicted octanol–water partition coefficient (Wildman–Crippen LogP) is 1.73. The second-order valence-electron chi connectivity index (χ2n) is 4.19. The summed E-state index contributed by atoms with van der Waals surface area (Å²) in [5.41, 5.74) is 6.64. The van der Waals surface area contributed by atoms with Gasteiger partial charge in [0.2, 0.25) is 5.91 Å². The van der Waals surface area contributed by atoms with Crippen LogP contribution in [0.2, 0.25) is 0 Å². The average molecular weight is 250 g/mol. The van der Waals surface area contributed by atoms with Crippen molar-refractivity contribution in [1.29, 1.82) is 0 Å². The van der Waals surface area contributed by atoms with E-state index in [4.69, 9.17) is 10.8 Å². The third-order valence-corrected chi connectivity index (χ3v) is 2.82. The van der Waals surface area contributed by atoms with Gasteiger partial charge in [-0.25, -0.2) is 0 Å². The summed E-state index contributed by atoms with van der Waals surface area (Å²) >= 11 is 0. The zero-order valence-corrected chi connectivity index (χ0v) is 10.6. The quantitative estimate of drug-likeness (QED) is 0.779. The Morgan fingerprint density at radius 1 is 1.39 bits per heavy atom. The number of aliphatic carboxylic acids is 1. The highest BCUT2D eigenvalue weighted by Crippen LogP contribution is 2.24. The van der Waals surface area contributed by atoms with Crippen LogP contribution >= 0.6 is 0 Å². The van der Waals surface area contributed by atoms with Gasteiger partial charge in [-0.15, -0.1) is 0 Å². The zero-order chi connectivity index (χ0) is 13.7. The van der Waals surface area contributed by atoms with Crippen LogP contribution < -0.4 is 10.6 Å². The lowest BCUT2D eigenvalue weighted by molar-refractivity contribution is -0.137. The number of nitrogens with two attached hydrogens (primary N) is 1. The van der Waals surface area contributed by atoms with E-state index in [1.54, 1.807) is 31.2 Å². The maximum Gasteiger partial charge on any atom is 0.323 e. The average Bonchev–Trinajstić information content (AvgIpc) is 2.35. The summed E-state index contributed by atoms with van der Waals surface area (Å²) in [4.78, 5) is 24.3. The van der Waals surface area contributed by atoms with Crippen molar-refractivity contribution >= 4 is 23.3 Å². The number of nitrogen functional groups attached to an aromatic ring is 1. The number of carboxylic acid groups (broad SMARTS) is 1. The Kier molecular flexibility index (Phi) is 4.71. The Morgan fingerprint density at radius 3 is 2.50 bits per heavy atom. The Balaban J connectivity index is 3.10. The van der Waals surface area contributed by atoms with Crippen molar-refractivity contribution in [3.63, 3.8) is 0 Å². The van der Waals surface area contributed by atoms with E-state index in [9.17, 15) is 9.59 Å². The number of hydrogen-bond donors (Lipinski definition) is 2. The van der Waals surface area contributed by atoms with Crippen LogP contribution in [-0.4, -0.2) is 23.5 Å². The summed E-state index contributed by atoms with van der Waals surface area (Å²) in [6.07, 6.45) is 0.654. The standard InChI is InChI=1S/C13H18N2O3/c1-3-9(2)13(18)15(8-12(16)17)11-7-5-4-6-10(11)14/h4-7,9H,3,8,14H2,1-2H3,(H,16,17). The summed E-state index contributed by atoms with van der Waals surface area (Å²) in [6.45, 7) is 3.28. The number of carbonyl (C=O) groups excluding carboxylic acids is 1. The molecule has 3 N–H and O–H groups in total. The molecule has 1 aromatic carbocycles. The third kappa shape index (κ3) is 3.23. The molecule has 1 aromatic rings. The van der Waals surface area contributed by atoms with Gasteiger partial charge in [0.15, 0.2) is 0 Å². The molecular formula is C13H18N2O3. The number of carboxylic acids is 1. The third-order valence-electron chi connectivity index (χ3n) is 2.82. The van der Waals surface area contributed by atoms with Gasteiger partial charge in [0.05, 0.1) is 11.4 Å². The number of nitrogens with zero attached hydrogens (tertiary/aromatic N) is 1. The van der Waals surface area contributed by atoms with Gasteiger partial charge in [0.25, 0.3) is 0 Å². The van der Waals surface area contributed by atoms with Crippen molar-refractivity contribution in [2.24, 2.45) is 5.92 Å². The molecule has 1 amide bonds. The molecule has 98 valence electrons. The molecule has 0 heterocycles. The van der Waals surface area contributed by atoms with E-state index in [0.29, 0.717) is 17.8 Å². The SMILES string of the molecule is CCC(C)C(=O)N(CC(=O)O)c1ccccc1N. The van der Waals surface area contributed by atoms with E-state index in [1.165, 1.54) is 4.90 Å². The van der Waals surface area contributed by atoms with Gasteiger partial charge in [0.1, 0.15) is 6.54 Å². The maximum atomic E-state index is 12.2. The van der Waals surface area contributed by atoms with Crippen LogP contribution in [-0.2, 0) is 9.59 Å². The van der Waals surface area contributed by atoms with E-state index in [-0.39, 0.29) is 18.4 Å². The fraction of sp³-hybridized carbons (Fsp3) is 0.385. The van der Waals surface area contributed by atoms with Gasteiger partial charge in [0, 0.05) is 5.92 Å². The van der Waals surface area contributed by atoms with Crippen molar-refractivity contribution < 1.29 is 14.7 Å². The number of amides is 1. The van der Waals surface area contributed by atoms with Crippen molar-refractivity contribution in [3.8, 4) is 0 Å². The van der Waals surface area contributed by atoms with Crippen LogP contribution in [0.15, 0.2) is 24.3 Å². The first-order valence-corrected chi connectivity index (χ1v) is 5.85. The number of hydrogen-bond acceptors (Lipinski definition) is 3. The van der Waals surface area contributed by atoms with Crippen molar-refractivity contribution in [1.82, 2.24) is 0 Å². The number of para-hydroxylation sites is 2. The van der Waals surface area contributed by atoms with Crippen LogP contribution in [0.4, 0.5) is 11.4 Å². The molecule has 0 fully saturated rings. The summed E-state index contributed by atoms with van der Waals surface area (Å²) in [5.74, 6) is -1.52. The Morgan fingerprint density at radius 2 is 2.00 bits per heavy atom. The van der Waals surface area contributed by atoms with Crippen molar-refractivity contribution in [2.45, 2.75) is 20.3 Å². The fourth-order valence-corrected chi connectivity index (χ4v) is 1.59. The molecule has 0 radical (unpaired) electrons. The molecule has 5 nitrogen and oxygen atoms in total. The minimum atomic E-state index is -1.06. The molecule has 0 aliphatic rings. The lowest BCUT2D eigenvalue weighted by Crippen LogP contribution is -2.39. The van der Waals surface area contributed by atoms with Crippen LogP contribution in [0, 0.1) is 5.92 Å². The van der Waals surface area contributed by atoms with E-state index < -0.39 is 5.97 Å². The topological polar surface area (TPSA) is 83.6 Å². The number of carbonyl (C=O) groups is 2. The zero-order valence-electron chi connectivity index (χ0n) is 10.6. The first-order chi connectivity index (χ1) is 8.47. The van der Waals surface area contributed by atoms with Gasteiger partial charge in [-0.2, -0.15) is 0 Å². The van der Waals surface area contributed by atoms with E-state index in [2.05, 4.69) is 0 Å². The van der Waals surface area contributed by atoms with E-state index in [0.717, 1.165) is 0 Å². The van der Waals surface area contributed by atoms with Gasteiger partial charge >= 0.3 is 5.97 Å². The second kappa shape index (κ2) is 6.05. The van der Waals surface area contributed by atoms with Gasteiger partial charge in [-0.1, -0.05) is 26.0 Å². The van der Waals surface area contributed by atoms with E-state index >= 15 is 0 Å². The highest BCUT2D eigenvalue weighted by Gasteiger charge is 2.24. The molecule has 0 saturated heterocycles. The second-order valence-corrected chi connectivity index (χ2v) is 4.19. The highest BCUT2D eigenvalue weighted by molar-refractivity contribution is 6.00. The lowest BCUT2D eigenvalue weighted by Gasteiger charge is -2.25. The molecule has 0 aliphatic heterocycles. The van der Waals surface area contributed by atoms with Gasteiger partial charge in [-0.05, 0) is 18.6 Å². The molecule has 0 saturated carbocycles.